The zero-order valence-corrected chi connectivity index (χ0v) is 15.4. The summed E-state index contributed by atoms with van der Waals surface area (Å²) in [4.78, 5) is 13.4. The van der Waals surface area contributed by atoms with Gasteiger partial charge >= 0.3 is 35.5 Å². The zero-order valence-electron chi connectivity index (χ0n) is 14.4. The van der Waals surface area contributed by atoms with Gasteiger partial charge in [0, 0.05) is 32.0 Å². The van der Waals surface area contributed by atoms with Gasteiger partial charge in [-0.3, -0.25) is 10.00 Å². The second kappa shape index (κ2) is 8.23. The van der Waals surface area contributed by atoms with Crippen molar-refractivity contribution in [3.8, 4) is 0 Å². The molecule has 1 aromatic heterocycles. The van der Waals surface area contributed by atoms with E-state index >= 15 is 0 Å². The molecular weight excluding hydrogens is 309 g/mol. The van der Waals surface area contributed by atoms with Crippen molar-refractivity contribution in [1.29, 1.82) is 0 Å². The molecule has 0 amide bonds. The molecule has 1 saturated heterocycles. The van der Waals surface area contributed by atoms with Crippen LogP contribution in [0.25, 0.3) is 10.9 Å². The van der Waals surface area contributed by atoms with Gasteiger partial charge in [0.25, 0.3) is 0 Å². The average Bonchev–Trinajstić information content (AvgIpc) is 2.98. The summed E-state index contributed by atoms with van der Waals surface area (Å²) in [5, 5.41) is 16.6. The molecule has 7 nitrogen and oxygen atoms in total. The smallest absolute Gasteiger partial charge is 1.00 e. The predicted molar refractivity (Wildman–Crippen MR) is 81.1 cm³/mol. The number of carboxylic acids is 1. The van der Waals surface area contributed by atoms with Gasteiger partial charge < -0.3 is 16.0 Å². The first-order valence-corrected chi connectivity index (χ1v) is 7.24. The average molecular weight is 329 g/mol. The second-order valence-corrected chi connectivity index (χ2v) is 5.26. The number of ether oxygens (including phenoxy) is 2. The molecule has 1 aliphatic rings. The summed E-state index contributed by atoms with van der Waals surface area (Å²) < 4.78 is 11.0. The number of methoxy groups -OCH3 is 1. The molecule has 2 aromatic rings. The van der Waals surface area contributed by atoms with Gasteiger partial charge in [-0.1, -0.05) is 18.2 Å². The normalized spacial score (nSPS) is 16.9. The third-order valence-electron chi connectivity index (χ3n) is 4.00. The number of H-pyrrole nitrogens is 1. The first kappa shape index (κ1) is 18.4. The van der Waals surface area contributed by atoms with Crippen LogP contribution in [0.5, 0.6) is 0 Å². The zero-order chi connectivity index (χ0) is 15.5. The van der Waals surface area contributed by atoms with E-state index in [1.165, 1.54) is 0 Å². The Labute approximate surface area is 157 Å². The van der Waals surface area contributed by atoms with Crippen LogP contribution >= 0.6 is 0 Å². The molecule has 0 bridgehead atoms. The van der Waals surface area contributed by atoms with E-state index in [0.717, 1.165) is 18.7 Å². The molecule has 1 atom stereocenters. The van der Waals surface area contributed by atoms with Crippen LogP contribution in [0.4, 0.5) is 0 Å². The standard InChI is InChI=1S/C15H19N3O4.Na.H/c1-21-12(18-5-7-22-8-6-18)9-10-3-2-4-11-13(10)16-17-14(11)15(19)20;;/h2-4,12H,5-9H2,1H3,(H,16,17)(H,19,20);;/q;+1;-1. The largest absolute Gasteiger partial charge is 1.00 e. The third-order valence-corrected chi connectivity index (χ3v) is 4.00. The van der Waals surface area contributed by atoms with Gasteiger partial charge in [-0.25, -0.2) is 4.79 Å². The molecule has 0 radical (unpaired) electrons. The van der Waals surface area contributed by atoms with Crippen LogP contribution < -0.4 is 29.6 Å². The minimum atomic E-state index is -1.00. The van der Waals surface area contributed by atoms with E-state index in [1.54, 1.807) is 13.2 Å². The summed E-state index contributed by atoms with van der Waals surface area (Å²) >= 11 is 0. The van der Waals surface area contributed by atoms with E-state index in [4.69, 9.17) is 9.47 Å². The molecule has 0 saturated carbocycles. The summed E-state index contributed by atoms with van der Waals surface area (Å²) in [6.45, 7) is 3.07. The van der Waals surface area contributed by atoms with Crippen LogP contribution in [0, 0.1) is 0 Å². The molecule has 1 aliphatic heterocycles. The van der Waals surface area contributed by atoms with Crippen molar-refractivity contribution >= 4 is 16.9 Å². The number of aromatic amines is 1. The Balaban J connectivity index is 0.00000144. The summed E-state index contributed by atoms with van der Waals surface area (Å²) in [5.41, 5.74) is 1.78. The molecular formula is C15H20N3NaO4. The first-order chi connectivity index (χ1) is 10.7. The van der Waals surface area contributed by atoms with Crippen LogP contribution in [0.15, 0.2) is 18.2 Å². The summed E-state index contributed by atoms with van der Waals surface area (Å²) in [7, 11) is 1.69. The number of nitrogens with zero attached hydrogens (tertiary/aromatic N) is 2. The topological polar surface area (TPSA) is 87.7 Å². The number of carboxylic acid groups (broad SMARTS) is 1. The molecule has 8 heteroatoms. The maximum absolute atomic E-state index is 11.2. The van der Waals surface area contributed by atoms with Crippen molar-refractivity contribution in [2.24, 2.45) is 0 Å². The molecule has 2 N–H and O–H groups in total. The number of hydrogen-bond acceptors (Lipinski definition) is 5. The Bertz CT molecular complexity index is 676. The molecule has 120 valence electrons. The van der Waals surface area contributed by atoms with Crippen LogP contribution in [0.2, 0.25) is 0 Å². The Kier molecular flexibility index (Phi) is 6.58. The third kappa shape index (κ3) is 3.93. The van der Waals surface area contributed by atoms with Crippen molar-refractivity contribution in [3.63, 3.8) is 0 Å². The fourth-order valence-corrected chi connectivity index (χ4v) is 2.84. The Morgan fingerprint density at radius 3 is 2.91 bits per heavy atom. The number of hydrogen-bond donors (Lipinski definition) is 2. The number of nitrogens with one attached hydrogen (secondary N) is 1. The molecule has 1 fully saturated rings. The van der Waals surface area contributed by atoms with Gasteiger partial charge in [0.15, 0.2) is 5.69 Å². The van der Waals surface area contributed by atoms with Gasteiger partial charge in [0.2, 0.25) is 0 Å². The summed E-state index contributed by atoms with van der Waals surface area (Å²) in [6.07, 6.45) is 0.581. The fraction of sp³-hybridized carbons (Fsp3) is 0.467. The second-order valence-electron chi connectivity index (χ2n) is 5.26. The van der Waals surface area contributed by atoms with E-state index in [1.807, 2.05) is 12.1 Å². The van der Waals surface area contributed by atoms with E-state index in [0.29, 0.717) is 30.5 Å². The molecule has 0 spiro atoms. The van der Waals surface area contributed by atoms with Gasteiger partial charge in [-0.05, 0) is 5.56 Å². The Morgan fingerprint density at radius 2 is 2.26 bits per heavy atom. The molecule has 1 aromatic carbocycles. The van der Waals surface area contributed by atoms with Crippen molar-refractivity contribution in [1.82, 2.24) is 15.1 Å². The van der Waals surface area contributed by atoms with Crippen molar-refractivity contribution in [3.05, 3.63) is 29.5 Å². The van der Waals surface area contributed by atoms with Crippen molar-refractivity contribution < 1.29 is 50.4 Å². The Morgan fingerprint density at radius 1 is 1.52 bits per heavy atom. The molecule has 1 unspecified atom stereocenters. The maximum atomic E-state index is 11.2. The monoisotopic (exact) mass is 329 g/mol. The minimum absolute atomic E-state index is 0. The molecule has 23 heavy (non-hydrogen) atoms. The van der Waals surface area contributed by atoms with Crippen molar-refractivity contribution in [2.45, 2.75) is 12.6 Å². The minimum Gasteiger partial charge on any atom is -1.00 e. The SMILES string of the molecule is COC(Cc1cccc2c(C(=O)O)[nH]nc12)N1CCOCC1.[H-].[Na+]. The van der Waals surface area contributed by atoms with E-state index in [-0.39, 0.29) is 42.9 Å². The molecule has 2 heterocycles. The number of aromatic nitrogens is 2. The van der Waals surface area contributed by atoms with E-state index in [9.17, 15) is 9.90 Å². The first-order valence-electron chi connectivity index (χ1n) is 7.24. The molecule has 0 aliphatic carbocycles. The number of fused-ring (bicyclic) bond motifs is 1. The Hall–Kier alpha value is -0.960. The number of benzene rings is 1. The van der Waals surface area contributed by atoms with Crippen LogP contribution in [-0.4, -0.2) is 65.8 Å². The van der Waals surface area contributed by atoms with Gasteiger partial charge in [0.1, 0.15) is 6.23 Å². The number of aromatic carboxylic acids is 1. The quantitative estimate of drug-likeness (QED) is 0.631. The van der Waals surface area contributed by atoms with E-state index in [2.05, 4.69) is 15.1 Å². The van der Waals surface area contributed by atoms with Crippen LogP contribution in [0.1, 0.15) is 17.5 Å². The number of carbonyl (C=O) groups is 1. The predicted octanol–water partition coefficient (Wildman–Crippen LogP) is -1.78. The fourth-order valence-electron chi connectivity index (χ4n) is 2.84. The summed E-state index contributed by atoms with van der Waals surface area (Å²) in [6, 6.07) is 5.58. The van der Waals surface area contributed by atoms with Gasteiger partial charge in [-0.2, -0.15) is 5.10 Å². The number of rotatable bonds is 5. The molecule has 3 rings (SSSR count). The number of morpholine rings is 1. The summed E-state index contributed by atoms with van der Waals surface area (Å²) in [5.74, 6) is -1.00. The van der Waals surface area contributed by atoms with Gasteiger partial charge in [-0.15, -0.1) is 0 Å². The maximum Gasteiger partial charge on any atom is 1.00 e. The van der Waals surface area contributed by atoms with Crippen LogP contribution in [0.3, 0.4) is 0 Å². The number of para-hydroxylation sites is 1. The van der Waals surface area contributed by atoms with Crippen LogP contribution in [-0.2, 0) is 15.9 Å². The van der Waals surface area contributed by atoms with Gasteiger partial charge in [0.05, 0.1) is 18.7 Å². The van der Waals surface area contributed by atoms with E-state index < -0.39 is 5.97 Å². The van der Waals surface area contributed by atoms with Crippen molar-refractivity contribution in [2.75, 3.05) is 33.4 Å².